The van der Waals surface area contributed by atoms with Gasteiger partial charge in [0.25, 0.3) is 0 Å². The summed E-state index contributed by atoms with van der Waals surface area (Å²) in [6, 6.07) is 10.4. The van der Waals surface area contributed by atoms with Crippen LogP contribution in [0.15, 0.2) is 42.5 Å². The summed E-state index contributed by atoms with van der Waals surface area (Å²) in [7, 11) is -3.73. The average Bonchev–Trinajstić information content (AvgIpc) is 2.85. The van der Waals surface area contributed by atoms with Crippen molar-refractivity contribution in [3.05, 3.63) is 70.2 Å². The van der Waals surface area contributed by atoms with Crippen LogP contribution in [0.25, 0.3) is 0 Å². The predicted molar refractivity (Wildman–Crippen MR) is 102 cm³/mol. The first kappa shape index (κ1) is 19.6. The number of hydrogen-bond acceptors (Lipinski definition) is 3. The zero-order valence-corrected chi connectivity index (χ0v) is 16.3. The number of thioether (sulfide) groups is 1. The lowest BCUT2D eigenvalue weighted by Crippen LogP contribution is -2.34. The van der Waals surface area contributed by atoms with Crippen molar-refractivity contribution in [3.8, 4) is 0 Å². The highest BCUT2D eigenvalue weighted by Gasteiger charge is 2.28. The molecule has 0 radical (unpaired) electrons. The summed E-state index contributed by atoms with van der Waals surface area (Å²) in [5.74, 6) is -1.30. The number of nitrogens with zero attached hydrogens (tertiary/aromatic N) is 1. The van der Waals surface area contributed by atoms with E-state index in [1.807, 2.05) is 24.3 Å². The van der Waals surface area contributed by atoms with Gasteiger partial charge in [0.15, 0.2) is 0 Å². The normalized spacial score (nSPS) is 19.3. The van der Waals surface area contributed by atoms with Crippen molar-refractivity contribution in [2.45, 2.75) is 17.4 Å². The predicted octanol–water partition coefficient (Wildman–Crippen LogP) is 4.63. The van der Waals surface area contributed by atoms with Crippen LogP contribution in [0.5, 0.6) is 0 Å². The highest BCUT2D eigenvalue weighted by molar-refractivity contribution is 7.99. The summed E-state index contributed by atoms with van der Waals surface area (Å²) in [6.07, 6.45) is 0.610. The summed E-state index contributed by atoms with van der Waals surface area (Å²) >= 11 is 7.91. The van der Waals surface area contributed by atoms with Gasteiger partial charge in [0.1, 0.15) is 11.6 Å². The van der Waals surface area contributed by atoms with E-state index in [4.69, 9.17) is 11.6 Å². The van der Waals surface area contributed by atoms with Crippen molar-refractivity contribution in [2.24, 2.45) is 0 Å². The Kier molecular flexibility index (Phi) is 6.22. The third-order valence-corrected chi connectivity index (χ3v) is 7.77. The van der Waals surface area contributed by atoms with E-state index in [0.717, 1.165) is 23.8 Å². The fourth-order valence-corrected chi connectivity index (χ4v) is 6.22. The number of hydrogen-bond donors (Lipinski definition) is 0. The van der Waals surface area contributed by atoms with E-state index in [9.17, 15) is 17.2 Å². The van der Waals surface area contributed by atoms with Gasteiger partial charge in [-0.05, 0) is 36.2 Å². The van der Waals surface area contributed by atoms with Gasteiger partial charge >= 0.3 is 0 Å². The second kappa shape index (κ2) is 8.25. The lowest BCUT2D eigenvalue weighted by atomic mass is 10.1. The maximum absolute atomic E-state index is 13.8. The van der Waals surface area contributed by atoms with Gasteiger partial charge in [-0.2, -0.15) is 11.8 Å². The van der Waals surface area contributed by atoms with Crippen molar-refractivity contribution in [1.29, 1.82) is 0 Å². The van der Waals surface area contributed by atoms with Gasteiger partial charge in [0.05, 0.1) is 5.75 Å². The van der Waals surface area contributed by atoms with Crippen LogP contribution in [0.2, 0.25) is 5.02 Å². The minimum Gasteiger partial charge on any atom is -0.212 e. The number of sulfonamides is 1. The van der Waals surface area contributed by atoms with Gasteiger partial charge in [-0.1, -0.05) is 29.8 Å². The molecule has 0 N–H and O–H groups in total. The molecule has 0 bridgehead atoms. The lowest BCUT2D eigenvalue weighted by molar-refractivity contribution is 0.426. The molecule has 26 heavy (non-hydrogen) atoms. The highest BCUT2D eigenvalue weighted by atomic mass is 35.5. The molecular weight excluding hydrogens is 400 g/mol. The monoisotopic (exact) mass is 417 g/mol. The number of halogens is 3. The molecule has 2 aromatic carbocycles. The SMILES string of the molecule is O=S(=O)(Cc1cc(F)ccc1F)N1CCSC(c2ccccc2Cl)CC1. The van der Waals surface area contributed by atoms with Gasteiger partial charge in [-0.3, -0.25) is 0 Å². The molecule has 0 amide bonds. The van der Waals surface area contributed by atoms with E-state index < -0.39 is 27.4 Å². The second-order valence-electron chi connectivity index (χ2n) is 6.06. The lowest BCUT2D eigenvalue weighted by Gasteiger charge is -2.20. The third kappa shape index (κ3) is 4.57. The van der Waals surface area contributed by atoms with Crippen LogP contribution in [-0.4, -0.2) is 31.6 Å². The van der Waals surface area contributed by atoms with Crippen LogP contribution in [-0.2, 0) is 15.8 Å². The van der Waals surface area contributed by atoms with Crippen molar-refractivity contribution in [3.63, 3.8) is 0 Å². The van der Waals surface area contributed by atoms with Crippen molar-refractivity contribution in [1.82, 2.24) is 4.31 Å². The fraction of sp³-hybridized carbons (Fsp3) is 0.333. The highest BCUT2D eigenvalue weighted by Crippen LogP contribution is 2.38. The summed E-state index contributed by atoms with van der Waals surface area (Å²) < 4.78 is 53.9. The minimum atomic E-state index is -3.73. The van der Waals surface area contributed by atoms with Crippen LogP contribution in [0.4, 0.5) is 8.78 Å². The van der Waals surface area contributed by atoms with Crippen molar-refractivity contribution >= 4 is 33.4 Å². The molecular formula is C18H18ClF2NO2S2. The quantitative estimate of drug-likeness (QED) is 0.727. The molecule has 3 nitrogen and oxygen atoms in total. The molecule has 0 aromatic heterocycles. The van der Waals surface area contributed by atoms with Crippen LogP contribution in [0.1, 0.15) is 22.8 Å². The molecule has 8 heteroatoms. The smallest absolute Gasteiger partial charge is 0.212 e. The molecule has 140 valence electrons. The van der Waals surface area contributed by atoms with Gasteiger partial charge in [0, 0.05) is 34.7 Å². The molecule has 1 saturated heterocycles. The largest absolute Gasteiger partial charge is 0.218 e. The standard InChI is InChI=1S/C18H18ClF2NO2S2/c19-16-4-2-1-3-15(16)18-7-8-22(9-10-25-18)26(23,24)12-13-11-14(20)5-6-17(13)21/h1-6,11,18H,7-10,12H2. The molecule has 0 aliphatic carbocycles. The zero-order chi connectivity index (χ0) is 18.7. The Balaban J connectivity index is 1.73. The van der Waals surface area contributed by atoms with Crippen molar-refractivity contribution < 1.29 is 17.2 Å². The Morgan fingerprint density at radius 1 is 1.15 bits per heavy atom. The Morgan fingerprint density at radius 2 is 1.92 bits per heavy atom. The Morgan fingerprint density at radius 3 is 2.69 bits per heavy atom. The zero-order valence-electron chi connectivity index (χ0n) is 13.9. The molecule has 1 fully saturated rings. The first-order chi connectivity index (χ1) is 12.4. The summed E-state index contributed by atoms with van der Waals surface area (Å²) in [5, 5.41) is 0.776. The second-order valence-corrected chi connectivity index (χ2v) is 9.75. The summed E-state index contributed by atoms with van der Waals surface area (Å²) in [5.41, 5.74) is 0.846. The molecule has 1 aliphatic heterocycles. The molecule has 0 saturated carbocycles. The van der Waals surface area contributed by atoms with Crippen LogP contribution in [0.3, 0.4) is 0 Å². The van der Waals surface area contributed by atoms with Gasteiger partial charge in [-0.25, -0.2) is 21.5 Å². The van der Waals surface area contributed by atoms with E-state index in [1.54, 1.807) is 11.8 Å². The summed E-state index contributed by atoms with van der Waals surface area (Å²) in [6.45, 7) is 0.660. The van der Waals surface area contributed by atoms with Gasteiger partial charge < -0.3 is 0 Å². The number of benzene rings is 2. The van der Waals surface area contributed by atoms with E-state index in [2.05, 4.69) is 0 Å². The Labute approximate surface area is 161 Å². The third-order valence-electron chi connectivity index (χ3n) is 4.29. The molecule has 1 heterocycles. The molecule has 1 atom stereocenters. The molecule has 1 unspecified atom stereocenters. The van der Waals surface area contributed by atoms with E-state index in [1.165, 1.54) is 4.31 Å². The van der Waals surface area contributed by atoms with Crippen LogP contribution in [0, 0.1) is 11.6 Å². The minimum absolute atomic E-state index is 0.106. The first-order valence-corrected chi connectivity index (χ1v) is 11.2. The van der Waals surface area contributed by atoms with Crippen molar-refractivity contribution in [2.75, 3.05) is 18.8 Å². The van der Waals surface area contributed by atoms with Gasteiger partial charge in [-0.15, -0.1) is 0 Å². The summed E-state index contributed by atoms with van der Waals surface area (Å²) in [4.78, 5) is 0. The van der Waals surface area contributed by atoms with Crippen LogP contribution < -0.4 is 0 Å². The molecule has 3 rings (SSSR count). The fourth-order valence-electron chi connectivity index (χ4n) is 2.95. The van der Waals surface area contributed by atoms with Crippen LogP contribution >= 0.6 is 23.4 Å². The van der Waals surface area contributed by atoms with E-state index in [0.29, 0.717) is 30.3 Å². The molecule has 1 aliphatic rings. The van der Waals surface area contributed by atoms with E-state index >= 15 is 0 Å². The van der Waals surface area contributed by atoms with Gasteiger partial charge in [0.2, 0.25) is 10.0 Å². The Bertz CT molecular complexity index is 893. The van der Waals surface area contributed by atoms with E-state index in [-0.39, 0.29) is 10.8 Å². The maximum Gasteiger partial charge on any atom is 0.218 e. The molecule has 0 spiro atoms. The average molecular weight is 418 g/mol. The molecule has 2 aromatic rings. The topological polar surface area (TPSA) is 37.4 Å². The first-order valence-electron chi connectivity index (χ1n) is 8.14. The maximum atomic E-state index is 13.8. The Hall–Kier alpha value is -1.15. The number of rotatable bonds is 4.